The van der Waals surface area contributed by atoms with Crippen molar-refractivity contribution in [3.8, 4) is 5.69 Å². The van der Waals surface area contributed by atoms with E-state index in [1.807, 2.05) is 41.9 Å². The van der Waals surface area contributed by atoms with E-state index in [0.29, 0.717) is 5.25 Å². The van der Waals surface area contributed by atoms with Crippen molar-refractivity contribution in [2.45, 2.75) is 37.7 Å². The van der Waals surface area contributed by atoms with Gasteiger partial charge in [0.25, 0.3) is 0 Å². The lowest BCUT2D eigenvalue weighted by Gasteiger charge is -2.10. The molecule has 0 fully saturated rings. The van der Waals surface area contributed by atoms with Crippen molar-refractivity contribution in [3.05, 3.63) is 41.6 Å². The van der Waals surface area contributed by atoms with Gasteiger partial charge in [-0.05, 0) is 19.1 Å². The fourth-order valence-electron chi connectivity index (χ4n) is 1.81. The highest BCUT2D eigenvalue weighted by Gasteiger charge is 2.17. The van der Waals surface area contributed by atoms with Gasteiger partial charge >= 0.3 is 0 Å². The molecule has 0 aliphatic rings. The van der Waals surface area contributed by atoms with Gasteiger partial charge in [0.1, 0.15) is 5.03 Å². The Morgan fingerprint density at radius 3 is 2.50 bits per heavy atom. The number of nitrogens with zero attached hydrogens (tertiary/aromatic N) is 2. The highest BCUT2D eigenvalue weighted by atomic mass is 32.2. The van der Waals surface area contributed by atoms with Gasteiger partial charge in [-0.15, -0.1) is 11.8 Å². The maximum Gasteiger partial charge on any atom is 0.106 e. The highest BCUT2D eigenvalue weighted by molar-refractivity contribution is 7.99. The molecule has 0 bridgehead atoms. The number of benzene rings is 1. The van der Waals surface area contributed by atoms with Crippen LogP contribution in [0.2, 0.25) is 0 Å². The zero-order chi connectivity index (χ0) is 13.1. The SMILES string of the molecule is Cc1nn(-c2ccccc2)c(SC(C)C)c1CO. The predicted octanol–water partition coefficient (Wildman–Crippen LogP) is 3.17. The number of para-hydroxylation sites is 1. The van der Waals surface area contributed by atoms with Crippen LogP contribution in [0.4, 0.5) is 0 Å². The van der Waals surface area contributed by atoms with Crippen LogP contribution in [0.15, 0.2) is 35.4 Å². The van der Waals surface area contributed by atoms with E-state index in [9.17, 15) is 5.11 Å². The summed E-state index contributed by atoms with van der Waals surface area (Å²) in [6.07, 6.45) is 0. The number of rotatable bonds is 4. The van der Waals surface area contributed by atoms with Gasteiger partial charge in [-0.1, -0.05) is 32.0 Å². The second-order valence-corrected chi connectivity index (χ2v) is 6.01. The Morgan fingerprint density at radius 2 is 1.94 bits per heavy atom. The average Bonchev–Trinajstić information content (AvgIpc) is 2.66. The Morgan fingerprint density at radius 1 is 1.28 bits per heavy atom. The molecule has 1 aromatic carbocycles. The molecule has 96 valence electrons. The highest BCUT2D eigenvalue weighted by Crippen LogP contribution is 2.31. The molecule has 0 atom stereocenters. The lowest BCUT2D eigenvalue weighted by atomic mass is 10.3. The molecular formula is C14H18N2OS. The number of hydrogen-bond donors (Lipinski definition) is 1. The third kappa shape index (κ3) is 2.60. The van der Waals surface area contributed by atoms with E-state index in [-0.39, 0.29) is 6.61 Å². The monoisotopic (exact) mass is 262 g/mol. The molecule has 2 aromatic rings. The Hall–Kier alpha value is -1.26. The van der Waals surface area contributed by atoms with Crippen LogP contribution < -0.4 is 0 Å². The molecule has 3 nitrogen and oxygen atoms in total. The summed E-state index contributed by atoms with van der Waals surface area (Å²) in [6.45, 7) is 6.26. The summed E-state index contributed by atoms with van der Waals surface area (Å²) in [5.41, 5.74) is 2.85. The molecule has 1 N–H and O–H groups in total. The van der Waals surface area contributed by atoms with Gasteiger partial charge in [0, 0.05) is 10.8 Å². The largest absolute Gasteiger partial charge is 0.392 e. The minimum absolute atomic E-state index is 0.0354. The van der Waals surface area contributed by atoms with Crippen LogP contribution in [0.1, 0.15) is 25.1 Å². The van der Waals surface area contributed by atoms with Crippen molar-refractivity contribution in [2.75, 3.05) is 0 Å². The van der Waals surface area contributed by atoms with Gasteiger partial charge in [0.05, 0.1) is 18.0 Å². The van der Waals surface area contributed by atoms with Crippen LogP contribution in [-0.2, 0) is 6.61 Å². The van der Waals surface area contributed by atoms with Crippen LogP contribution in [0.25, 0.3) is 5.69 Å². The van der Waals surface area contributed by atoms with E-state index in [2.05, 4.69) is 18.9 Å². The lowest BCUT2D eigenvalue weighted by Crippen LogP contribution is -2.01. The van der Waals surface area contributed by atoms with Crippen LogP contribution in [-0.4, -0.2) is 20.1 Å². The lowest BCUT2D eigenvalue weighted by molar-refractivity contribution is 0.278. The molecule has 4 heteroatoms. The fourth-order valence-corrected chi connectivity index (χ4v) is 2.86. The van der Waals surface area contributed by atoms with E-state index < -0.39 is 0 Å². The number of aromatic nitrogens is 2. The van der Waals surface area contributed by atoms with E-state index >= 15 is 0 Å². The van der Waals surface area contributed by atoms with Crippen molar-refractivity contribution in [3.63, 3.8) is 0 Å². The van der Waals surface area contributed by atoms with Gasteiger partial charge < -0.3 is 5.11 Å². The van der Waals surface area contributed by atoms with Gasteiger partial charge in [-0.25, -0.2) is 4.68 Å². The molecule has 1 heterocycles. The van der Waals surface area contributed by atoms with Gasteiger partial charge in [-0.3, -0.25) is 0 Å². The Labute approximate surface area is 112 Å². The molecule has 0 saturated carbocycles. The predicted molar refractivity (Wildman–Crippen MR) is 75.2 cm³/mol. The van der Waals surface area contributed by atoms with Crippen LogP contribution in [0.5, 0.6) is 0 Å². The van der Waals surface area contributed by atoms with Crippen molar-refractivity contribution < 1.29 is 5.11 Å². The van der Waals surface area contributed by atoms with Crippen LogP contribution in [0, 0.1) is 6.92 Å². The topological polar surface area (TPSA) is 38.0 Å². The Kier molecular flexibility index (Phi) is 4.09. The standard InChI is InChI=1S/C14H18N2OS/c1-10(2)18-14-13(9-17)11(3)15-16(14)12-7-5-4-6-8-12/h4-8,10,17H,9H2,1-3H3. The maximum atomic E-state index is 9.51. The molecule has 0 radical (unpaired) electrons. The number of aliphatic hydroxyl groups is 1. The summed E-state index contributed by atoms with van der Waals surface area (Å²) < 4.78 is 1.92. The van der Waals surface area contributed by atoms with Crippen molar-refractivity contribution in [1.29, 1.82) is 0 Å². The third-order valence-corrected chi connectivity index (χ3v) is 3.76. The van der Waals surface area contributed by atoms with E-state index in [1.54, 1.807) is 11.8 Å². The fraction of sp³-hybridized carbons (Fsp3) is 0.357. The first kappa shape index (κ1) is 13.2. The minimum Gasteiger partial charge on any atom is -0.392 e. The maximum absolute atomic E-state index is 9.51. The summed E-state index contributed by atoms with van der Waals surface area (Å²) in [5.74, 6) is 0. The molecule has 0 aliphatic heterocycles. The summed E-state index contributed by atoms with van der Waals surface area (Å²) >= 11 is 1.73. The van der Waals surface area contributed by atoms with Crippen molar-refractivity contribution in [1.82, 2.24) is 9.78 Å². The normalized spacial score (nSPS) is 11.2. The molecule has 0 aliphatic carbocycles. The third-order valence-electron chi connectivity index (χ3n) is 2.64. The second-order valence-electron chi connectivity index (χ2n) is 4.44. The minimum atomic E-state index is 0.0354. The van der Waals surface area contributed by atoms with Gasteiger partial charge in [0.15, 0.2) is 0 Å². The van der Waals surface area contributed by atoms with Crippen molar-refractivity contribution >= 4 is 11.8 Å². The number of hydrogen-bond acceptors (Lipinski definition) is 3. The van der Waals surface area contributed by atoms with Crippen LogP contribution >= 0.6 is 11.8 Å². The zero-order valence-electron chi connectivity index (χ0n) is 10.9. The first-order chi connectivity index (χ1) is 8.63. The molecular weight excluding hydrogens is 244 g/mol. The first-order valence-electron chi connectivity index (χ1n) is 6.05. The molecule has 0 unspecified atom stereocenters. The Bertz CT molecular complexity index is 520. The number of thioether (sulfide) groups is 1. The molecule has 18 heavy (non-hydrogen) atoms. The molecule has 0 amide bonds. The smallest absolute Gasteiger partial charge is 0.106 e. The summed E-state index contributed by atoms with van der Waals surface area (Å²) in [4.78, 5) is 0. The molecule has 0 saturated heterocycles. The summed E-state index contributed by atoms with van der Waals surface area (Å²) in [7, 11) is 0. The zero-order valence-corrected chi connectivity index (χ0v) is 11.7. The van der Waals surface area contributed by atoms with E-state index in [4.69, 9.17) is 0 Å². The average molecular weight is 262 g/mol. The first-order valence-corrected chi connectivity index (χ1v) is 6.93. The van der Waals surface area contributed by atoms with Crippen molar-refractivity contribution in [2.24, 2.45) is 0 Å². The second kappa shape index (κ2) is 5.59. The van der Waals surface area contributed by atoms with Gasteiger partial charge in [0.2, 0.25) is 0 Å². The molecule has 1 aromatic heterocycles. The van der Waals surface area contributed by atoms with Gasteiger partial charge in [-0.2, -0.15) is 5.10 Å². The Balaban J connectivity index is 2.53. The summed E-state index contributed by atoms with van der Waals surface area (Å²) in [5, 5.41) is 15.5. The van der Waals surface area contributed by atoms with E-state index in [0.717, 1.165) is 22.0 Å². The van der Waals surface area contributed by atoms with Crippen LogP contribution in [0.3, 0.4) is 0 Å². The number of aliphatic hydroxyl groups excluding tert-OH is 1. The quantitative estimate of drug-likeness (QED) is 0.860. The summed E-state index contributed by atoms with van der Waals surface area (Å²) in [6, 6.07) is 10.0. The molecule has 2 rings (SSSR count). The number of aryl methyl sites for hydroxylation is 1. The molecule has 0 spiro atoms. The van der Waals surface area contributed by atoms with E-state index in [1.165, 1.54) is 0 Å².